The van der Waals surface area contributed by atoms with Crippen molar-refractivity contribution in [3.05, 3.63) is 84.3 Å². The van der Waals surface area contributed by atoms with Crippen LogP contribution in [0.1, 0.15) is 21.8 Å². The minimum Gasteiger partial charge on any atom is -0.347 e. The SMILES string of the molecule is Cn1cnc(S(=O)(=O)N2C[C@@H](NC(=O)c3ccccc3)[C@H](c3ccccc3)C2)c1. The monoisotopic (exact) mass is 410 g/mol. The van der Waals surface area contributed by atoms with Gasteiger partial charge in [0.05, 0.1) is 12.4 Å². The fraction of sp³-hybridized carbons (Fsp3) is 0.238. The van der Waals surface area contributed by atoms with Crippen molar-refractivity contribution in [2.24, 2.45) is 7.05 Å². The van der Waals surface area contributed by atoms with E-state index in [1.165, 1.54) is 16.8 Å². The van der Waals surface area contributed by atoms with Gasteiger partial charge in [0.15, 0.2) is 5.03 Å². The van der Waals surface area contributed by atoms with Crippen molar-refractivity contribution in [2.45, 2.75) is 17.0 Å². The Bertz CT molecular complexity index is 1100. The summed E-state index contributed by atoms with van der Waals surface area (Å²) in [6, 6.07) is 18.3. The maximum absolute atomic E-state index is 13.1. The van der Waals surface area contributed by atoms with Crippen LogP contribution in [0.5, 0.6) is 0 Å². The summed E-state index contributed by atoms with van der Waals surface area (Å²) in [4.78, 5) is 16.7. The Hall–Kier alpha value is -2.97. The molecule has 1 amide bonds. The predicted octanol–water partition coefficient (Wildman–Crippen LogP) is 2.01. The average molecular weight is 410 g/mol. The van der Waals surface area contributed by atoms with Crippen LogP contribution in [0.3, 0.4) is 0 Å². The number of aryl methyl sites for hydroxylation is 1. The average Bonchev–Trinajstić information content (AvgIpc) is 3.36. The van der Waals surface area contributed by atoms with Crippen molar-refractivity contribution in [1.29, 1.82) is 0 Å². The molecule has 1 aromatic heterocycles. The van der Waals surface area contributed by atoms with Crippen LogP contribution in [0.15, 0.2) is 78.2 Å². The number of hydrogen-bond donors (Lipinski definition) is 1. The number of benzene rings is 2. The number of amides is 1. The third kappa shape index (κ3) is 3.94. The van der Waals surface area contributed by atoms with Crippen molar-refractivity contribution < 1.29 is 13.2 Å². The van der Waals surface area contributed by atoms with Gasteiger partial charge in [-0.3, -0.25) is 4.79 Å². The number of carbonyl (C=O) groups excluding carboxylic acids is 1. The van der Waals surface area contributed by atoms with Crippen molar-refractivity contribution in [1.82, 2.24) is 19.2 Å². The Balaban J connectivity index is 1.62. The van der Waals surface area contributed by atoms with E-state index in [4.69, 9.17) is 0 Å². The van der Waals surface area contributed by atoms with Crippen LogP contribution in [0.4, 0.5) is 0 Å². The highest BCUT2D eigenvalue weighted by Gasteiger charge is 2.41. The molecule has 4 rings (SSSR count). The van der Waals surface area contributed by atoms with Crippen molar-refractivity contribution >= 4 is 15.9 Å². The van der Waals surface area contributed by atoms with Crippen LogP contribution >= 0.6 is 0 Å². The molecule has 0 aliphatic carbocycles. The van der Waals surface area contributed by atoms with Crippen molar-refractivity contribution in [3.8, 4) is 0 Å². The third-order valence-corrected chi connectivity index (χ3v) is 6.87. The van der Waals surface area contributed by atoms with E-state index in [9.17, 15) is 13.2 Å². The molecule has 0 bridgehead atoms. The van der Waals surface area contributed by atoms with E-state index in [0.29, 0.717) is 5.56 Å². The van der Waals surface area contributed by atoms with Gasteiger partial charge >= 0.3 is 0 Å². The number of nitrogens with zero attached hydrogens (tertiary/aromatic N) is 3. The lowest BCUT2D eigenvalue weighted by molar-refractivity contribution is 0.0936. The molecule has 1 aliphatic rings. The topological polar surface area (TPSA) is 84.3 Å². The summed E-state index contributed by atoms with van der Waals surface area (Å²) in [6.45, 7) is 0.472. The molecule has 1 aliphatic heterocycles. The predicted molar refractivity (Wildman–Crippen MR) is 109 cm³/mol. The lowest BCUT2D eigenvalue weighted by Crippen LogP contribution is -2.40. The molecule has 29 heavy (non-hydrogen) atoms. The maximum atomic E-state index is 13.1. The Morgan fingerprint density at radius 3 is 2.31 bits per heavy atom. The van der Waals surface area contributed by atoms with E-state index in [2.05, 4.69) is 10.3 Å². The third-order valence-electron chi connectivity index (χ3n) is 5.15. The van der Waals surface area contributed by atoms with E-state index >= 15 is 0 Å². The van der Waals surface area contributed by atoms with Crippen molar-refractivity contribution in [2.75, 3.05) is 13.1 Å². The van der Waals surface area contributed by atoms with E-state index in [0.717, 1.165) is 5.56 Å². The van der Waals surface area contributed by atoms with Crippen LogP contribution in [-0.2, 0) is 17.1 Å². The molecule has 2 heterocycles. The van der Waals surface area contributed by atoms with E-state index < -0.39 is 10.0 Å². The van der Waals surface area contributed by atoms with Gasteiger partial charge in [0.2, 0.25) is 0 Å². The van der Waals surface area contributed by atoms with Gasteiger partial charge in [-0.15, -0.1) is 0 Å². The zero-order valence-corrected chi connectivity index (χ0v) is 16.8. The summed E-state index contributed by atoms with van der Waals surface area (Å²) in [5, 5.41) is 3.05. The molecule has 1 fully saturated rings. The zero-order chi connectivity index (χ0) is 20.4. The second-order valence-electron chi connectivity index (χ2n) is 7.16. The lowest BCUT2D eigenvalue weighted by atomic mass is 9.94. The molecule has 0 saturated carbocycles. The van der Waals surface area contributed by atoms with Gasteiger partial charge in [0.25, 0.3) is 15.9 Å². The summed E-state index contributed by atoms with van der Waals surface area (Å²) < 4.78 is 29.1. The fourth-order valence-corrected chi connectivity index (χ4v) is 5.10. The summed E-state index contributed by atoms with van der Waals surface area (Å²) in [5.74, 6) is -0.365. The molecule has 3 aromatic rings. The van der Waals surface area contributed by atoms with Crippen LogP contribution in [0, 0.1) is 0 Å². The van der Waals surface area contributed by atoms with Gasteiger partial charge < -0.3 is 9.88 Å². The molecule has 1 N–H and O–H groups in total. The zero-order valence-electron chi connectivity index (χ0n) is 16.0. The molecule has 7 nitrogen and oxygen atoms in total. The molecule has 0 unspecified atom stereocenters. The minimum atomic E-state index is -3.74. The van der Waals surface area contributed by atoms with Gasteiger partial charge in [-0.2, -0.15) is 4.31 Å². The van der Waals surface area contributed by atoms with E-state index in [-0.39, 0.29) is 36.0 Å². The molecule has 8 heteroatoms. The fourth-order valence-electron chi connectivity index (χ4n) is 3.64. The highest BCUT2D eigenvalue weighted by Crippen LogP contribution is 2.31. The summed E-state index contributed by atoms with van der Waals surface area (Å²) >= 11 is 0. The number of imidazole rings is 1. The number of nitrogens with one attached hydrogen (secondary N) is 1. The number of rotatable bonds is 5. The van der Waals surface area contributed by atoms with Gasteiger partial charge in [-0.1, -0.05) is 48.5 Å². The van der Waals surface area contributed by atoms with Gasteiger partial charge in [0, 0.05) is 37.8 Å². The normalized spacial score (nSPS) is 19.9. The first kappa shape index (κ1) is 19.4. The smallest absolute Gasteiger partial charge is 0.262 e. The number of carbonyl (C=O) groups is 1. The number of hydrogen-bond acceptors (Lipinski definition) is 4. The maximum Gasteiger partial charge on any atom is 0.262 e. The largest absolute Gasteiger partial charge is 0.347 e. The van der Waals surface area contributed by atoms with E-state index in [1.54, 1.807) is 35.9 Å². The summed E-state index contributed by atoms with van der Waals surface area (Å²) in [5.41, 5.74) is 1.54. The quantitative estimate of drug-likeness (QED) is 0.697. The molecular formula is C21H22N4O3S. The van der Waals surface area contributed by atoms with Crippen LogP contribution in [0.2, 0.25) is 0 Å². The second kappa shape index (κ2) is 7.81. The molecule has 0 spiro atoms. The van der Waals surface area contributed by atoms with Crippen LogP contribution in [-0.4, -0.2) is 47.3 Å². The molecule has 2 aromatic carbocycles. The van der Waals surface area contributed by atoms with Crippen LogP contribution in [0.25, 0.3) is 0 Å². The Labute approximate surface area is 170 Å². The second-order valence-corrected chi connectivity index (χ2v) is 9.05. The lowest BCUT2D eigenvalue weighted by Gasteiger charge is -2.20. The first-order chi connectivity index (χ1) is 13.9. The molecule has 1 saturated heterocycles. The highest BCUT2D eigenvalue weighted by molar-refractivity contribution is 7.89. The molecule has 0 radical (unpaired) electrons. The minimum absolute atomic E-state index is 0.0156. The summed E-state index contributed by atoms with van der Waals surface area (Å²) in [6.07, 6.45) is 2.95. The number of aromatic nitrogens is 2. The highest BCUT2D eigenvalue weighted by atomic mass is 32.2. The Morgan fingerprint density at radius 1 is 1.03 bits per heavy atom. The first-order valence-electron chi connectivity index (χ1n) is 9.34. The summed E-state index contributed by atoms with van der Waals surface area (Å²) in [7, 11) is -2.01. The first-order valence-corrected chi connectivity index (χ1v) is 10.8. The van der Waals surface area contributed by atoms with Gasteiger partial charge in [-0.25, -0.2) is 13.4 Å². The Morgan fingerprint density at radius 2 is 1.69 bits per heavy atom. The standard InChI is InChI=1S/C21H22N4O3S/c1-24-14-20(22-15-24)29(27,28)25-12-18(16-8-4-2-5-9-16)19(13-25)23-21(26)17-10-6-3-7-11-17/h2-11,14-15,18-19H,12-13H2,1H3,(H,23,26)/t18-,19+/m0/s1. The van der Waals surface area contributed by atoms with Gasteiger partial charge in [0.1, 0.15) is 0 Å². The van der Waals surface area contributed by atoms with Crippen molar-refractivity contribution in [3.63, 3.8) is 0 Å². The molecular weight excluding hydrogens is 388 g/mol. The molecule has 2 atom stereocenters. The van der Waals surface area contributed by atoms with Crippen LogP contribution < -0.4 is 5.32 Å². The Kier molecular flexibility index (Phi) is 5.21. The van der Waals surface area contributed by atoms with Gasteiger partial charge in [-0.05, 0) is 17.7 Å². The number of sulfonamides is 1. The van der Waals surface area contributed by atoms with E-state index in [1.807, 2.05) is 36.4 Å². The molecule has 150 valence electrons.